The third-order valence-corrected chi connectivity index (χ3v) is 7.39. The van der Waals surface area contributed by atoms with E-state index in [0.717, 1.165) is 20.6 Å². The van der Waals surface area contributed by atoms with Crippen LogP contribution in [0.1, 0.15) is 5.01 Å². The summed E-state index contributed by atoms with van der Waals surface area (Å²) >= 11 is 1.46. The number of benzene rings is 3. The number of nitrogens with zero attached hydrogens (tertiary/aromatic N) is 2. The predicted molar refractivity (Wildman–Crippen MR) is 123 cm³/mol. The van der Waals surface area contributed by atoms with Crippen LogP contribution in [0.2, 0.25) is 0 Å². The number of fused-ring (bicyclic) bond motifs is 1. The molecule has 1 heterocycles. The molecular formula is C23H17FN2O4S2. The highest BCUT2D eigenvalue weighted by atomic mass is 32.2. The van der Waals surface area contributed by atoms with Crippen LogP contribution in [0, 0.1) is 5.82 Å². The quantitative estimate of drug-likeness (QED) is 0.229. The number of hydrogen-bond donors (Lipinski definition) is 0. The standard InChI is InChI=1S/C23H17FN2O4S2/c1-26(32(28,29)21-9-5-2-6-18(21)24)16-10-12-17(13-11-16)30-23(27)15-14-22-25-19-7-3-4-8-20(19)31-22/h2-15H,1H3/b15-14+. The number of ether oxygens (including phenoxy) is 1. The molecule has 6 nitrogen and oxygen atoms in total. The van der Waals surface area contributed by atoms with E-state index in [2.05, 4.69) is 4.98 Å². The van der Waals surface area contributed by atoms with E-state index >= 15 is 0 Å². The molecule has 0 aliphatic heterocycles. The van der Waals surface area contributed by atoms with E-state index < -0.39 is 26.7 Å². The lowest BCUT2D eigenvalue weighted by Gasteiger charge is -2.20. The normalized spacial score (nSPS) is 11.7. The van der Waals surface area contributed by atoms with E-state index in [4.69, 9.17) is 4.74 Å². The Kier molecular flexibility index (Phi) is 6.02. The smallest absolute Gasteiger partial charge is 0.336 e. The van der Waals surface area contributed by atoms with Crippen molar-refractivity contribution in [3.05, 3.63) is 89.7 Å². The Hall–Kier alpha value is -3.56. The van der Waals surface area contributed by atoms with E-state index in [0.29, 0.717) is 5.01 Å². The van der Waals surface area contributed by atoms with Gasteiger partial charge in [0.1, 0.15) is 21.5 Å². The average Bonchev–Trinajstić information content (AvgIpc) is 3.21. The van der Waals surface area contributed by atoms with Gasteiger partial charge in [0.05, 0.1) is 15.9 Å². The lowest BCUT2D eigenvalue weighted by molar-refractivity contribution is -0.128. The fourth-order valence-corrected chi connectivity index (χ4v) is 5.04. The molecule has 0 fully saturated rings. The van der Waals surface area contributed by atoms with Crippen molar-refractivity contribution in [1.29, 1.82) is 0 Å². The van der Waals surface area contributed by atoms with Crippen molar-refractivity contribution in [1.82, 2.24) is 4.98 Å². The number of sulfonamides is 1. The Balaban J connectivity index is 1.44. The van der Waals surface area contributed by atoms with Crippen molar-refractivity contribution in [3.63, 3.8) is 0 Å². The highest BCUT2D eigenvalue weighted by Crippen LogP contribution is 2.26. The van der Waals surface area contributed by atoms with Gasteiger partial charge >= 0.3 is 5.97 Å². The van der Waals surface area contributed by atoms with Crippen molar-refractivity contribution >= 4 is 49.3 Å². The van der Waals surface area contributed by atoms with Gasteiger partial charge in [0, 0.05) is 13.1 Å². The number of hydrogen-bond acceptors (Lipinski definition) is 6. The largest absolute Gasteiger partial charge is 0.423 e. The first-order valence-corrected chi connectivity index (χ1v) is 11.7. The van der Waals surface area contributed by atoms with Gasteiger partial charge < -0.3 is 4.74 Å². The Morgan fingerprint density at radius 1 is 1.03 bits per heavy atom. The SMILES string of the molecule is CN(c1ccc(OC(=O)/C=C/c2nc3ccccc3s2)cc1)S(=O)(=O)c1ccccc1F. The number of carbonyl (C=O) groups excluding carboxylic acids is 1. The highest BCUT2D eigenvalue weighted by molar-refractivity contribution is 7.92. The highest BCUT2D eigenvalue weighted by Gasteiger charge is 2.24. The molecule has 4 aromatic rings. The summed E-state index contributed by atoms with van der Waals surface area (Å²) in [5.74, 6) is -1.18. The van der Waals surface area contributed by atoms with Gasteiger partial charge in [-0.25, -0.2) is 22.6 Å². The maximum atomic E-state index is 14.0. The second-order valence-corrected chi connectivity index (χ2v) is 9.67. The minimum atomic E-state index is -4.08. The third kappa shape index (κ3) is 4.53. The Bertz CT molecular complexity index is 1380. The Morgan fingerprint density at radius 2 is 1.72 bits per heavy atom. The zero-order valence-corrected chi connectivity index (χ0v) is 18.4. The molecule has 0 aliphatic carbocycles. The van der Waals surface area contributed by atoms with Crippen LogP contribution in [0.4, 0.5) is 10.1 Å². The van der Waals surface area contributed by atoms with Gasteiger partial charge in [-0.3, -0.25) is 4.31 Å². The van der Waals surface area contributed by atoms with E-state index in [1.165, 1.54) is 66.9 Å². The maximum absolute atomic E-state index is 14.0. The van der Waals surface area contributed by atoms with Crippen LogP contribution >= 0.6 is 11.3 Å². The molecule has 0 saturated carbocycles. The summed E-state index contributed by atoms with van der Waals surface area (Å²) < 4.78 is 46.6. The number of thiazole rings is 1. The summed E-state index contributed by atoms with van der Waals surface area (Å²) in [5.41, 5.74) is 1.15. The van der Waals surface area contributed by atoms with Crippen molar-refractivity contribution in [2.75, 3.05) is 11.4 Å². The van der Waals surface area contributed by atoms with Crippen molar-refractivity contribution < 1.29 is 22.3 Å². The molecule has 0 unspecified atom stereocenters. The summed E-state index contributed by atoms with van der Waals surface area (Å²) in [6.45, 7) is 0. The van der Waals surface area contributed by atoms with Crippen LogP contribution < -0.4 is 9.04 Å². The Labute approximate surface area is 188 Å². The molecule has 0 radical (unpaired) electrons. The molecule has 0 amide bonds. The van der Waals surface area contributed by atoms with Crippen molar-refractivity contribution in [2.24, 2.45) is 0 Å². The zero-order valence-electron chi connectivity index (χ0n) is 16.8. The Morgan fingerprint density at radius 3 is 2.44 bits per heavy atom. The fourth-order valence-electron chi connectivity index (χ4n) is 2.92. The topological polar surface area (TPSA) is 76.6 Å². The van der Waals surface area contributed by atoms with Gasteiger partial charge in [0.25, 0.3) is 10.0 Å². The van der Waals surface area contributed by atoms with Crippen LogP contribution in [0.15, 0.2) is 83.8 Å². The average molecular weight is 469 g/mol. The van der Waals surface area contributed by atoms with Gasteiger partial charge in [-0.05, 0) is 54.6 Å². The van der Waals surface area contributed by atoms with E-state index in [-0.39, 0.29) is 11.4 Å². The van der Waals surface area contributed by atoms with Gasteiger partial charge in [0.15, 0.2) is 0 Å². The molecule has 1 aromatic heterocycles. The van der Waals surface area contributed by atoms with Gasteiger partial charge in [-0.1, -0.05) is 24.3 Å². The first-order valence-electron chi connectivity index (χ1n) is 9.43. The zero-order chi connectivity index (χ0) is 22.7. The number of aromatic nitrogens is 1. The number of esters is 1. The molecule has 0 atom stereocenters. The molecule has 0 bridgehead atoms. The number of anilines is 1. The summed E-state index contributed by atoms with van der Waals surface area (Å²) in [5, 5.41) is 0.679. The van der Waals surface area contributed by atoms with E-state index in [1.54, 1.807) is 6.08 Å². The monoisotopic (exact) mass is 468 g/mol. The molecule has 0 spiro atoms. The van der Waals surface area contributed by atoms with Crippen LogP contribution in [0.25, 0.3) is 16.3 Å². The van der Waals surface area contributed by atoms with Gasteiger partial charge in [-0.2, -0.15) is 0 Å². The van der Waals surface area contributed by atoms with E-state index in [1.807, 2.05) is 24.3 Å². The van der Waals surface area contributed by atoms with Gasteiger partial charge in [-0.15, -0.1) is 11.3 Å². The summed E-state index contributed by atoms with van der Waals surface area (Å²) in [6.07, 6.45) is 2.86. The molecule has 3 aromatic carbocycles. The summed E-state index contributed by atoms with van der Waals surface area (Å²) in [7, 11) is -2.75. The molecule has 0 N–H and O–H groups in total. The molecule has 9 heteroatoms. The molecule has 162 valence electrons. The first-order chi connectivity index (χ1) is 15.3. The lowest BCUT2D eigenvalue weighted by atomic mass is 10.3. The van der Waals surface area contributed by atoms with Crippen molar-refractivity contribution in [3.8, 4) is 5.75 Å². The molecule has 0 aliphatic rings. The van der Waals surface area contributed by atoms with Gasteiger partial charge in [0.2, 0.25) is 0 Å². The molecule has 32 heavy (non-hydrogen) atoms. The number of halogens is 1. The maximum Gasteiger partial charge on any atom is 0.336 e. The van der Waals surface area contributed by atoms with Crippen LogP contribution in [0.3, 0.4) is 0 Å². The predicted octanol–water partition coefficient (Wildman–Crippen LogP) is 4.88. The summed E-state index contributed by atoms with van der Waals surface area (Å²) in [4.78, 5) is 16.1. The minimum Gasteiger partial charge on any atom is -0.423 e. The number of carbonyl (C=O) groups is 1. The molecule has 0 saturated heterocycles. The first kappa shape index (κ1) is 21.7. The molecular weight excluding hydrogens is 451 g/mol. The summed E-state index contributed by atoms with van der Waals surface area (Å²) in [6, 6.07) is 18.7. The minimum absolute atomic E-state index is 0.240. The number of para-hydroxylation sites is 1. The lowest BCUT2D eigenvalue weighted by Crippen LogP contribution is -2.27. The van der Waals surface area contributed by atoms with Crippen molar-refractivity contribution in [2.45, 2.75) is 4.90 Å². The molecule has 4 rings (SSSR count). The number of rotatable bonds is 6. The van der Waals surface area contributed by atoms with Crippen LogP contribution in [-0.2, 0) is 14.8 Å². The van der Waals surface area contributed by atoms with Crippen LogP contribution in [0.5, 0.6) is 5.75 Å². The van der Waals surface area contributed by atoms with Crippen LogP contribution in [-0.4, -0.2) is 26.4 Å². The third-order valence-electron chi connectivity index (χ3n) is 4.57. The second-order valence-electron chi connectivity index (χ2n) is 6.67. The van der Waals surface area contributed by atoms with E-state index in [9.17, 15) is 17.6 Å². The second kappa shape index (κ2) is 8.89. The fraction of sp³-hybridized carbons (Fsp3) is 0.0435.